The molecule has 5 nitrogen and oxygen atoms in total. The second-order valence-electron chi connectivity index (χ2n) is 6.01. The van der Waals surface area contributed by atoms with E-state index in [1.54, 1.807) is 19.2 Å². The first kappa shape index (κ1) is 16.3. The van der Waals surface area contributed by atoms with Crippen LogP contribution in [0.5, 0.6) is 11.5 Å². The highest BCUT2D eigenvalue weighted by atomic mass is 16.5. The molecule has 1 aliphatic heterocycles. The average Bonchev–Trinajstić information content (AvgIpc) is 2.95. The van der Waals surface area contributed by atoms with Crippen LogP contribution in [0.15, 0.2) is 36.4 Å². The molecule has 126 valence electrons. The summed E-state index contributed by atoms with van der Waals surface area (Å²) >= 11 is 0. The van der Waals surface area contributed by atoms with Gasteiger partial charge in [-0.2, -0.15) is 0 Å². The van der Waals surface area contributed by atoms with Gasteiger partial charge in [-0.25, -0.2) is 4.79 Å². The third-order valence-electron chi connectivity index (χ3n) is 4.12. The van der Waals surface area contributed by atoms with Crippen molar-refractivity contribution in [3.63, 3.8) is 0 Å². The predicted molar refractivity (Wildman–Crippen MR) is 90.7 cm³/mol. The SMILES string of the molecule is COc1cc(CNCc2ccc(C(=O)O)cc2)c2c(c1)CC(C)O2. The smallest absolute Gasteiger partial charge is 0.335 e. The van der Waals surface area contributed by atoms with Crippen molar-refractivity contribution in [3.05, 3.63) is 58.7 Å². The molecule has 0 bridgehead atoms. The topological polar surface area (TPSA) is 67.8 Å². The van der Waals surface area contributed by atoms with Crippen molar-refractivity contribution >= 4 is 5.97 Å². The van der Waals surface area contributed by atoms with Crippen molar-refractivity contribution < 1.29 is 19.4 Å². The van der Waals surface area contributed by atoms with Crippen LogP contribution in [0.1, 0.15) is 34.0 Å². The van der Waals surface area contributed by atoms with Crippen LogP contribution in [0.3, 0.4) is 0 Å². The number of hydrogen-bond acceptors (Lipinski definition) is 4. The summed E-state index contributed by atoms with van der Waals surface area (Å²) < 4.78 is 11.3. The van der Waals surface area contributed by atoms with Crippen LogP contribution in [0.2, 0.25) is 0 Å². The maximum Gasteiger partial charge on any atom is 0.335 e. The molecular weight excluding hydrogens is 306 g/mol. The fraction of sp³-hybridized carbons (Fsp3) is 0.316. The molecule has 2 aromatic rings. The molecule has 5 heteroatoms. The molecule has 2 aromatic carbocycles. The number of rotatable bonds is 6. The van der Waals surface area contributed by atoms with E-state index in [1.165, 1.54) is 5.56 Å². The fourth-order valence-corrected chi connectivity index (χ4v) is 2.93. The van der Waals surface area contributed by atoms with Gasteiger partial charge in [-0.1, -0.05) is 12.1 Å². The van der Waals surface area contributed by atoms with Crippen LogP contribution in [0.4, 0.5) is 0 Å². The number of benzene rings is 2. The van der Waals surface area contributed by atoms with E-state index in [-0.39, 0.29) is 6.10 Å². The van der Waals surface area contributed by atoms with Crippen molar-refractivity contribution in [2.45, 2.75) is 32.5 Å². The lowest BCUT2D eigenvalue weighted by molar-refractivity contribution is 0.0697. The van der Waals surface area contributed by atoms with Crippen LogP contribution in [0.25, 0.3) is 0 Å². The number of carboxylic acids is 1. The number of nitrogens with one attached hydrogen (secondary N) is 1. The third kappa shape index (κ3) is 3.51. The van der Waals surface area contributed by atoms with Crippen LogP contribution in [-0.4, -0.2) is 24.3 Å². The number of aromatic carboxylic acids is 1. The van der Waals surface area contributed by atoms with Gasteiger partial charge in [0.2, 0.25) is 0 Å². The lowest BCUT2D eigenvalue weighted by atomic mass is 10.1. The Hall–Kier alpha value is -2.53. The number of methoxy groups -OCH3 is 1. The average molecular weight is 327 g/mol. The first-order valence-corrected chi connectivity index (χ1v) is 7.96. The first-order chi connectivity index (χ1) is 11.6. The minimum absolute atomic E-state index is 0.189. The molecule has 0 saturated carbocycles. The van der Waals surface area contributed by atoms with Gasteiger partial charge in [0.05, 0.1) is 12.7 Å². The summed E-state index contributed by atoms with van der Waals surface area (Å²) in [5.74, 6) is 0.888. The molecule has 1 heterocycles. The third-order valence-corrected chi connectivity index (χ3v) is 4.12. The van der Waals surface area contributed by atoms with Crippen molar-refractivity contribution in [1.82, 2.24) is 5.32 Å². The normalized spacial score (nSPS) is 15.7. The summed E-state index contributed by atoms with van der Waals surface area (Å²) in [4.78, 5) is 10.9. The van der Waals surface area contributed by atoms with Gasteiger partial charge < -0.3 is 19.9 Å². The predicted octanol–water partition coefficient (Wildman–Crippen LogP) is 3.01. The van der Waals surface area contributed by atoms with E-state index in [9.17, 15) is 4.79 Å². The Labute approximate surface area is 141 Å². The molecule has 2 N–H and O–H groups in total. The zero-order chi connectivity index (χ0) is 17.1. The Morgan fingerprint density at radius 3 is 2.71 bits per heavy atom. The van der Waals surface area contributed by atoms with Crippen LogP contribution >= 0.6 is 0 Å². The van der Waals surface area contributed by atoms with Crippen LogP contribution in [0, 0.1) is 0 Å². The monoisotopic (exact) mass is 327 g/mol. The Morgan fingerprint density at radius 2 is 2.04 bits per heavy atom. The zero-order valence-corrected chi connectivity index (χ0v) is 13.8. The molecule has 0 saturated heterocycles. The molecule has 0 radical (unpaired) electrons. The Bertz CT molecular complexity index is 740. The number of hydrogen-bond donors (Lipinski definition) is 2. The highest BCUT2D eigenvalue weighted by Gasteiger charge is 2.23. The van der Waals surface area contributed by atoms with Gasteiger partial charge in [0.25, 0.3) is 0 Å². The lowest BCUT2D eigenvalue weighted by Gasteiger charge is -2.12. The van der Waals surface area contributed by atoms with Gasteiger partial charge in [-0.05, 0) is 36.8 Å². The van der Waals surface area contributed by atoms with Crippen LogP contribution < -0.4 is 14.8 Å². The van der Waals surface area contributed by atoms with Gasteiger partial charge in [0, 0.05) is 30.6 Å². The van der Waals surface area contributed by atoms with E-state index in [1.807, 2.05) is 24.3 Å². The zero-order valence-electron chi connectivity index (χ0n) is 13.8. The lowest BCUT2D eigenvalue weighted by Crippen LogP contribution is -2.14. The first-order valence-electron chi connectivity index (χ1n) is 7.96. The van der Waals surface area contributed by atoms with E-state index in [4.69, 9.17) is 14.6 Å². The largest absolute Gasteiger partial charge is 0.497 e. The molecule has 1 atom stereocenters. The molecule has 0 spiro atoms. The summed E-state index contributed by atoms with van der Waals surface area (Å²) in [6.07, 6.45) is 1.09. The molecule has 24 heavy (non-hydrogen) atoms. The molecule has 0 aromatic heterocycles. The minimum atomic E-state index is -0.910. The van der Waals surface area contributed by atoms with Gasteiger partial charge in [0.15, 0.2) is 0 Å². The molecule has 1 aliphatic rings. The Morgan fingerprint density at radius 1 is 1.29 bits per heavy atom. The quantitative estimate of drug-likeness (QED) is 0.854. The maximum atomic E-state index is 10.9. The highest BCUT2D eigenvalue weighted by molar-refractivity contribution is 5.87. The summed E-state index contributed by atoms with van der Waals surface area (Å²) in [5, 5.41) is 12.3. The standard InChI is InChI=1S/C19H21NO4/c1-12-7-15-8-17(23-2)9-16(18(15)24-12)11-20-10-13-3-5-14(6-4-13)19(21)22/h3-6,8-9,12,20H,7,10-11H2,1-2H3,(H,21,22). The number of ether oxygens (including phenoxy) is 2. The summed E-state index contributed by atoms with van der Waals surface area (Å²) in [6.45, 7) is 3.38. The van der Waals surface area contributed by atoms with Crippen molar-refractivity contribution in [2.24, 2.45) is 0 Å². The second kappa shape index (κ2) is 6.93. The Balaban J connectivity index is 1.66. The number of fused-ring (bicyclic) bond motifs is 1. The van der Waals surface area contributed by atoms with E-state index in [2.05, 4.69) is 12.2 Å². The summed E-state index contributed by atoms with van der Waals surface area (Å²) in [5.41, 5.74) is 3.60. The fourth-order valence-electron chi connectivity index (χ4n) is 2.93. The van der Waals surface area contributed by atoms with E-state index in [0.717, 1.165) is 29.0 Å². The van der Waals surface area contributed by atoms with Gasteiger partial charge in [0.1, 0.15) is 17.6 Å². The van der Waals surface area contributed by atoms with Crippen LogP contribution in [-0.2, 0) is 19.5 Å². The van der Waals surface area contributed by atoms with Crippen molar-refractivity contribution in [2.75, 3.05) is 7.11 Å². The van der Waals surface area contributed by atoms with Gasteiger partial charge in [-0.3, -0.25) is 0 Å². The molecule has 0 amide bonds. The minimum Gasteiger partial charge on any atom is -0.497 e. The summed E-state index contributed by atoms with van der Waals surface area (Å²) in [6, 6.07) is 10.9. The molecule has 0 fully saturated rings. The molecular formula is C19H21NO4. The molecule has 3 rings (SSSR count). The molecule has 1 unspecified atom stereocenters. The Kier molecular flexibility index (Phi) is 4.71. The number of carboxylic acid groups (broad SMARTS) is 1. The summed E-state index contributed by atoms with van der Waals surface area (Å²) in [7, 11) is 1.67. The second-order valence-corrected chi connectivity index (χ2v) is 6.01. The van der Waals surface area contributed by atoms with E-state index >= 15 is 0 Å². The molecule has 0 aliphatic carbocycles. The number of carbonyl (C=O) groups is 1. The van der Waals surface area contributed by atoms with E-state index < -0.39 is 5.97 Å². The van der Waals surface area contributed by atoms with E-state index in [0.29, 0.717) is 18.7 Å². The van der Waals surface area contributed by atoms with Gasteiger partial charge in [-0.15, -0.1) is 0 Å². The highest BCUT2D eigenvalue weighted by Crippen LogP contribution is 2.36. The van der Waals surface area contributed by atoms with Gasteiger partial charge >= 0.3 is 5.97 Å². The maximum absolute atomic E-state index is 10.9. The van der Waals surface area contributed by atoms with Crippen molar-refractivity contribution in [3.8, 4) is 11.5 Å². The van der Waals surface area contributed by atoms with Crippen molar-refractivity contribution in [1.29, 1.82) is 0 Å².